The molecule has 0 spiro atoms. The molecule has 0 fully saturated rings. The molecule has 1 aromatic heterocycles. The third-order valence-corrected chi connectivity index (χ3v) is 7.39. The van der Waals surface area contributed by atoms with Gasteiger partial charge in [-0.25, -0.2) is 4.79 Å². The van der Waals surface area contributed by atoms with Crippen molar-refractivity contribution in [1.29, 1.82) is 0 Å². The molecule has 1 unspecified atom stereocenters. The van der Waals surface area contributed by atoms with Crippen LogP contribution in [0.5, 0.6) is 0 Å². The predicted octanol–water partition coefficient (Wildman–Crippen LogP) is 6.09. The van der Waals surface area contributed by atoms with Crippen LogP contribution in [0.15, 0.2) is 24.3 Å². The summed E-state index contributed by atoms with van der Waals surface area (Å²) >= 11 is 1.85. The van der Waals surface area contributed by atoms with E-state index in [0.29, 0.717) is 11.5 Å². The third kappa shape index (κ3) is 2.97. The molecule has 0 radical (unpaired) electrons. The van der Waals surface area contributed by atoms with Crippen LogP contribution in [-0.4, -0.2) is 11.1 Å². The Bertz CT molecular complexity index is 815. The van der Waals surface area contributed by atoms with Crippen LogP contribution in [-0.2, 0) is 10.8 Å². The molecule has 0 amide bonds. The van der Waals surface area contributed by atoms with E-state index in [9.17, 15) is 4.79 Å². The minimum atomic E-state index is -0.896. The Morgan fingerprint density at radius 1 is 1.20 bits per heavy atom. The minimum absolute atomic E-state index is 0.174. The number of fused-ring (bicyclic) bond motifs is 1. The second kappa shape index (κ2) is 5.87. The molecule has 0 bridgehead atoms. The van der Waals surface area contributed by atoms with E-state index in [4.69, 9.17) is 5.11 Å². The zero-order valence-electron chi connectivity index (χ0n) is 15.9. The Morgan fingerprint density at radius 3 is 2.36 bits per heavy atom. The lowest BCUT2D eigenvalue weighted by atomic mass is 9.61. The van der Waals surface area contributed by atoms with E-state index in [1.54, 1.807) is 12.1 Å². The molecule has 0 aliphatic heterocycles. The molecular weight excluding hydrogens is 330 g/mol. The summed E-state index contributed by atoms with van der Waals surface area (Å²) in [6, 6.07) is 6.95. The van der Waals surface area contributed by atoms with Crippen molar-refractivity contribution in [3.8, 4) is 0 Å². The molecular formula is C21H27NO2S. The molecule has 1 heterocycles. The summed E-state index contributed by atoms with van der Waals surface area (Å²) in [7, 11) is 0. The molecule has 2 N–H and O–H groups in total. The molecule has 1 aliphatic rings. The summed E-state index contributed by atoms with van der Waals surface area (Å²) in [5, 5.41) is 13.7. The van der Waals surface area contributed by atoms with E-state index >= 15 is 0 Å². The Hall–Kier alpha value is -1.81. The normalized spacial score (nSPS) is 20.8. The molecule has 3 rings (SSSR count). The first-order chi connectivity index (χ1) is 11.5. The highest BCUT2D eigenvalue weighted by molar-refractivity contribution is 7.16. The van der Waals surface area contributed by atoms with Gasteiger partial charge in [-0.1, -0.05) is 34.6 Å². The van der Waals surface area contributed by atoms with Gasteiger partial charge >= 0.3 is 5.97 Å². The van der Waals surface area contributed by atoms with Crippen molar-refractivity contribution < 1.29 is 9.90 Å². The topological polar surface area (TPSA) is 49.3 Å². The van der Waals surface area contributed by atoms with Crippen molar-refractivity contribution in [3.05, 3.63) is 45.8 Å². The summed E-state index contributed by atoms with van der Waals surface area (Å²) in [6.45, 7) is 14.0. The van der Waals surface area contributed by atoms with Gasteiger partial charge in [0.05, 0.1) is 10.6 Å². The monoisotopic (exact) mass is 357 g/mol. The number of hydrogen-bond acceptors (Lipinski definition) is 3. The summed E-state index contributed by atoms with van der Waals surface area (Å²) < 4.78 is 0. The highest BCUT2D eigenvalue weighted by atomic mass is 32.1. The first-order valence-electron chi connectivity index (χ1n) is 8.79. The molecule has 4 heteroatoms. The zero-order valence-corrected chi connectivity index (χ0v) is 16.7. The molecule has 2 aromatic rings. The van der Waals surface area contributed by atoms with Crippen LogP contribution in [0.3, 0.4) is 0 Å². The number of aromatic carboxylic acids is 1. The molecule has 3 nitrogen and oxygen atoms in total. The fourth-order valence-corrected chi connectivity index (χ4v) is 5.70. The predicted molar refractivity (Wildman–Crippen MR) is 106 cm³/mol. The standard InChI is InChI=1S/C21H27NO2S/c1-12-11-20(3,4)16-13(2)18(25-17(16)21(12,5)6)22-15-9-7-14(8-10-15)19(23)24/h7-10,12,22H,11H2,1-6H3,(H,23,24). The van der Waals surface area contributed by atoms with Crippen molar-refractivity contribution >= 4 is 28.0 Å². The van der Waals surface area contributed by atoms with Crippen molar-refractivity contribution in [2.45, 2.75) is 58.8 Å². The number of carbonyl (C=O) groups is 1. The highest BCUT2D eigenvalue weighted by Crippen LogP contribution is 2.55. The van der Waals surface area contributed by atoms with Crippen LogP contribution >= 0.6 is 11.3 Å². The smallest absolute Gasteiger partial charge is 0.335 e. The molecule has 1 aromatic carbocycles. The number of thiophene rings is 1. The molecule has 25 heavy (non-hydrogen) atoms. The van der Waals surface area contributed by atoms with Gasteiger partial charge in [-0.05, 0) is 60.1 Å². The maximum atomic E-state index is 11.0. The van der Waals surface area contributed by atoms with Crippen LogP contribution in [0.4, 0.5) is 10.7 Å². The number of carboxylic acid groups (broad SMARTS) is 1. The first-order valence-corrected chi connectivity index (χ1v) is 9.60. The van der Waals surface area contributed by atoms with E-state index in [0.717, 1.165) is 5.69 Å². The quantitative estimate of drug-likeness (QED) is 0.698. The Balaban J connectivity index is 2.01. The number of benzene rings is 1. The van der Waals surface area contributed by atoms with Crippen molar-refractivity contribution in [1.82, 2.24) is 0 Å². The van der Waals surface area contributed by atoms with E-state index < -0.39 is 5.97 Å². The second-order valence-electron chi connectivity index (χ2n) is 8.48. The average Bonchev–Trinajstić information content (AvgIpc) is 2.85. The van der Waals surface area contributed by atoms with Gasteiger partial charge in [0.15, 0.2) is 0 Å². The second-order valence-corrected chi connectivity index (χ2v) is 9.50. The largest absolute Gasteiger partial charge is 0.478 e. The lowest BCUT2D eigenvalue weighted by Crippen LogP contribution is -2.39. The fraction of sp³-hybridized carbons (Fsp3) is 0.476. The average molecular weight is 358 g/mol. The van der Waals surface area contributed by atoms with Gasteiger partial charge in [0.25, 0.3) is 0 Å². The first kappa shape index (κ1) is 18.0. The fourth-order valence-electron chi connectivity index (χ4n) is 4.08. The van der Waals surface area contributed by atoms with Gasteiger partial charge in [-0.2, -0.15) is 0 Å². The van der Waals surface area contributed by atoms with Gasteiger partial charge in [-0.15, -0.1) is 11.3 Å². The summed E-state index contributed by atoms with van der Waals surface area (Å²) in [5.41, 5.74) is 4.41. The lowest BCUT2D eigenvalue weighted by Gasteiger charge is -2.44. The molecule has 0 saturated heterocycles. The Morgan fingerprint density at radius 2 is 1.80 bits per heavy atom. The van der Waals surface area contributed by atoms with Gasteiger partial charge in [0, 0.05) is 16.0 Å². The lowest BCUT2D eigenvalue weighted by molar-refractivity contribution is 0.0697. The van der Waals surface area contributed by atoms with Gasteiger partial charge in [0.1, 0.15) is 0 Å². The molecule has 0 saturated carbocycles. The maximum absolute atomic E-state index is 11.0. The third-order valence-electron chi connectivity index (χ3n) is 5.85. The summed E-state index contributed by atoms with van der Waals surface area (Å²) in [6.07, 6.45) is 1.19. The minimum Gasteiger partial charge on any atom is -0.478 e. The van der Waals surface area contributed by atoms with Crippen LogP contribution in [0.25, 0.3) is 0 Å². The molecule has 134 valence electrons. The molecule has 1 atom stereocenters. The number of nitrogens with one attached hydrogen (secondary N) is 1. The molecule has 1 aliphatic carbocycles. The van der Waals surface area contributed by atoms with E-state index in [1.807, 2.05) is 23.5 Å². The van der Waals surface area contributed by atoms with Crippen LogP contribution in [0.1, 0.15) is 67.4 Å². The van der Waals surface area contributed by atoms with Crippen molar-refractivity contribution in [2.75, 3.05) is 5.32 Å². The Labute approximate surface area is 154 Å². The Kier molecular flexibility index (Phi) is 4.23. The van der Waals surface area contributed by atoms with E-state index in [1.165, 1.54) is 27.4 Å². The van der Waals surface area contributed by atoms with Crippen LogP contribution < -0.4 is 5.32 Å². The summed E-state index contributed by atoms with van der Waals surface area (Å²) in [5.74, 6) is -0.262. The summed E-state index contributed by atoms with van der Waals surface area (Å²) in [4.78, 5) is 12.5. The van der Waals surface area contributed by atoms with Crippen molar-refractivity contribution in [2.24, 2.45) is 5.92 Å². The maximum Gasteiger partial charge on any atom is 0.335 e. The van der Waals surface area contributed by atoms with E-state index in [2.05, 4.69) is 46.9 Å². The van der Waals surface area contributed by atoms with Gasteiger partial charge < -0.3 is 10.4 Å². The number of carboxylic acids is 1. The van der Waals surface area contributed by atoms with Crippen molar-refractivity contribution in [3.63, 3.8) is 0 Å². The zero-order chi connectivity index (χ0) is 18.6. The van der Waals surface area contributed by atoms with Gasteiger partial charge in [-0.3, -0.25) is 0 Å². The SMILES string of the molecule is Cc1c(Nc2ccc(C(=O)O)cc2)sc2c1C(C)(C)CC(C)C2(C)C. The van der Waals surface area contributed by atoms with Crippen LogP contribution in [0.2, 0.25) is 0 Å². The number of anilines is 2. The van der Waals surface area contributed by atoms with Crippen LogP contribution in [0, 0.1) is 12.8 Å². The van der Waals surface area contributed by atoms with E-state index in [-0.39, 0.29) is 10.8 Å². The highest BCUT2D eigenvalue weighted by Gasteiger charge is 2.44. The number of rotatable bonds is 3. The van der Waals surface area contributed by atoms with Gasteiger partial charge in [0.2, 0.25) is 0 Å². The number of hydrogen-bond donors (Lipinski definition) is 2.